The highest BCUT2D eigenvalue weighted by molar-refractivity contribution is 5.82. The van der Waals surface area contributed by atoms with E-state index < -0.39 is 0 Å². The highest BCUT2D eigenvalue weighted by Gasteiger charge is 1.94. The number of nitrogens with zero attached hydrogens (tertiary/aromatic N) is 1. The molecule has 0 saturated carbocycles. The Hall–Kier alpha value is -0.530. The molecule has 0 unspecified atom stereocenters. The van der Waals surface area contributed by atoms with E-state index in [0.29, 0.717) is 5.92 Å². The smallest absolute Gasteiger partial charge is 0.0565 e. The molecule has 0 aliphatic rings. The van der Waals surface area contributed by atoms with Crippen LogP contribution < -0.4 is 0 Å². The highest BCUT2D eigenvalue weighted by atomic mass is 16.4. The van der Waals surface area contributed by atoms with Crippen molar-refractivity contribution in [2.24, 2.45) is 11.1 Å². The summed E-state index contributed by atoms with van der Waals surface area (Å²) in [6.07, 6.45) is 0. The van der Waals surface area contributed by atoms with Crippen molar-refractivity contribution in [3.05, 3.63) is 0 Å². The van der Waals surface area contributed by atoms with Crippen molar-refractivity contribution in [1.29, 1.82) is 0 Å². The van der Waals surface area contributed by atoms with Crippen molar-refractivity contribution >= 4 is 5.71 Å². The van der Waals surface area contributed by atoms with E-state index in [1.165, 1.54) is 0 Å². The number of hydrogen-bond donors (Lipinski definition) is 1. The second-order valence-electron chi connectivity index (χ2n) is 1.90. The van der Waals surface area contributed by atoms with Crippen LogP contribution in [0.1, 0.15) is 20.8 Å². The minimum Gasteiger partial charge on any atom is -0.411 e. The molecule has 0 fully saturated rings. The highest BCUT2D eigenvalue weighted by Crippen LogP contribution is 1.93. The first kappa shape index (κ1) is 6.47. The van der Waals surface area contributed by atoms with Crippen molar-refractivity contribution < 1.29 is 5.21 Å². The van der Waals surface area contributed by atoms with Crippen LogP contribution in [0.15, 0.2) is 5.16 Å². The molecule has 0 heterocycles. The van der Waals surface area contributed by atoms with E-state index in [4.69, 9.17) is 5.21 Å². The van der Waals surface area contributed by atoms with Gasteiger partial charge < -0.3 is 5.21 Å². The Morgan fingerprint density at radius 3 is 2.00 bits per heavy atom. The maximum atomic E-state index is 8.09. The summed E-state index contributed by atoms with van der Waals surface area (Å²) >= 11 is 0. The monoisotopic (exact) mass is 101 g/mol. The van der Waals surface area contributed by atoms with Gasteiger partial charge in [-0.25, -0.2) is 0 Å². The summed E-state index contributed by atoms with van der Waals surface area (Å²) in [5, 5.41) is 11.1. The van der Waals surface area contributed by atoms with E-state index in [-0.39, 0.29) is 0 Å². The fraction of sp³-hybridized carbons (Fsp3) is 0.800. The Bertz CT molecular complexity index is 76.1. The van der Waals surface area contributed by atoms with Crippen LogP contribution in [0.2, 0.25) is 0 Å². The predicted molar refractivity (Wildman–Crippen MR) is 29.7 cm³/mol. The topological polar surface area (TPSA) is 32.6 Å². The quantitative estimate of drug-likeness (QED) is 0.303. The summed E-state index contributed by atoms with van der Waals surface area (Å²) in [7, 11) is 0. The van der Waals surface area contributed by atoms with Gasteiger partial charge in [-0.3, -0.25) is 0 Å². The van der Waals surface area contributed by atoms with Gasteiger partial charge in [-0.05, 0) is 12.8 Å². The molecule has 0 amide bonds. The molecule has 0 saturated heterocycles. The third kappa shape index (κ3) is 2.20. The molecule has 7 heavy (non-hydrogen) atoms. The molecule has 42 valence electrons. The molecular weight excluding hydrogens is 90.1 g/mol. The largest absolute Gasteiger partial charge is 0.411 e. The summed E-state index contributed by atoms with van der Waals surface area (Å²) in [6.45, 7) is 5.76. The summed E-state index contributed by atoms with van der Waals surface area (Å²) < 4.78 is 0. The second-order valence-corrected chi connectivity index (χ2v) is 1.90. The zero-order valence-electron chi connectivity index (χ0n) is 4.97. The molecule has 2 nitrogen and oxygen atoms in total. The molecule has 0 bridgehead atoms. The van der Waals surface area contributed by atoms with Crippen molar-refractivity contribution in [3.8, 4) is 0 Å². The third-order valence-electron chi connectivity index (χ3n) is 0.993. The molecule has 0 aliphatic carbocycles. The summed E-state index contributed by atoms with van der Waals surface area (Å²) in [5.74, 6) is 0.366. The van der Waals surface area contributed by atoms with Crippen molar-refractivity contribution in [2.45, 2.75) is 20.8 Å². The van der Waals surface area contributed by atoms with E-state index in [9.17, 15) is 0 Å². The first-order chi connectivity index (χ1) is 3.18. The first-order valence-corrected chi connectivity index (χ1v) is 2.37. The van der Waals surface area contributed by atoms with Gasteiger partial charge in [0.2, 0.25) is 0 Å². The van der Waals surface area contributed by atoms with Crippen LogP contribution in [0, 0.1) is 5.92 Å². The lowest BCUT2D eigenvalue weighted by Gasteiger charge is -1.96. The Labute approximate surface area is 43.8 Å². The molecule has 1 N–H and O–H groups in total. The first-order valence-electron chi connectivity index (χ1n) is 2.37. The summed E-state index contributed by atoms with van der Waals surface area (Å²) in [4.78, 5) is 0. The zero-order chi connectivity index (χ0) is 5.86. The average Bonchev–Trinajstić information content (AvgIpc) is 1.65. The maximum absolute atomic E-state index is 8.09. The van der Waals surface area contributed by atoms with Gasteiger partial charge in [0.1, 0.15) is 0 Å². The predicted octanol–water partition coefficient (Wildman–Crippen LogP) is 1.49. The van der Waals surface area contributed by atoms with Crippen molar-refractivity contribution in [1.82, 2.24) is 0 Å². The van der Waals surface area contributed by atoms with E-state index in [1.807, 2.05) is 13.8 Å². The third-order valence-corrected chi connectivity index (χ3v) is 0.993. The molecule has 0 aromatic rings. The number of oxime groups is 1. The number of hydrogen-bond acceptors (Lipinski definition) is 2. The zero-order valence-corrected chi connectivity index (χ0v) is 4.97. The Kier molecular flexibility index (Phi) is 2.41. The van der Waals surface area contributed by atoms with E-state index >= 15 is 0 Å². The van der Waals surface area contributed by atoms with Crippen LogP contribution in [0.5, 0.6) is 0 Å². The molecule has 0 spiro atoms. The number of rotatable bonds is 1. The molecule has 0 aliphatic heterocycles. The van der Waals surface area contributed by atoms with Gasteiger partial charge in [-0.1, -0.05) is 19.0 Å². The van der Waals surface area contributed by atoms with Gasteiger partial charge >= 0.3 is 0 Å². The van der Waals surface area contributed by atoms with Gasteiger partial charge in [-0.2, -0.15) is 0 Å². The molecular formula is C5H11NO. The van der Waals surface area contributed by atoms with Crippen LogP contribution in [-0.4, -0.2) is 10.9 Å². The summed E-state index contributed by atoms with van der Waals surface area (Å²) in [6, 6.07) is 0. The van der Waals surface area contributed by atoms with Gasteiger partial charge in [0, 0.05) is 0 Å². The van der Waals surface area contributed by atoms with Crippen LogP contribution in [-0.2, 0) is 0 Å². The van der Waals surface area contributed by atoms with E-state index in [0.717, 1.165) is 5.71 Å². The lowest BCUT2D eigenvalue weighted by atomic mass is 10.1. The van der Waals surface area contributed by atoms with E-state index in [2.05, 4.69) is 5.16 Å². The minimum absolute atomic E-state index is 0.366. The summed E-state index contributed by atoms with van der Waals surface area (Å²) in [5.41, 5.74) is 0.778. The van der Waals surface area contributed by atoms with Gasteiger partial charge in [-0.15, -0.1) is 0 Å². The molecule has 0 aromatic heterocycles. The lowest BCUT2D eigenvalue weighted by molar-refractivity contribution is 0.315. The minimum atomic E-state index is 0.366. The molecule has 0 aromatic carbocycles. The Balaban J connectivity index is 3.56. The van der Waals surface area contributed by atoms with Gasteiger partial charge in [0.25, 0.3) is 0 Å². The SMILES string of the molecule is CC(=NO)C(C)C. The standard InChI is InChI=1S/C5H11NO/c1-4(2)5(3)6-7/h4,7H,1-3H3. The molecule has 0 radical (unpaired) electrons. The van der Waals surface area contributed by atoms with Crippen LogP contribution in [0.4, 0.5) is 0 Å². The second kappa shape index (κ2) is 2.61. The van der Waals surface area contributed by atoms with Gasteiger partial charge in [0.05, 0.1) is 5.71 Å². The van der Waals surface area contributed by atoms with E-state index in [1.54, 1.807) is 6.92 Å². The molecule has 0 rings (SSSR count). The normalized spacial score (nSPS) is 12.9. The van der Waals surface area contributed by atoms with Crippen molar-refractivity contribution in [2.75, 3.05) is 0 Å². The van der Waals surface area contributed by atoms with Crippen LogP contribution in [0.3, 0.4) is 0 Å². The Morgan fingerprint density at radius 2 is 2.00 bits per heavy atom. The lowest BCUT2D eigenvalue weighted by Crippen LogP contribution is -2.00. The Morgan fingerprint density at radius 1 is 1.57 bits per heavy atom. The van der Waals surface area contributed by atoms with Crippen LogP contribution >= 0.6 is 0 Å². The van der Waals surface area contributed by atoms with Crippen molar-refractivity contribution in [3.63, 3.8) is 0 Å². The fourth-order valence-corrected chi connectivity index (χ4v) is 0.115. The molecule has 2 heteroatoms. The van der Waals surface area contributed by atoms with Gasteiger partial charge in [0.15, 0.2) is 0 Å². The maximum Gasteiger partial charge on any atom is 0.0565 e. The van der Waals surface area contributed by atoms with Crippen LogP contribution in [0.25, 0.3) is 0 Å². The fourth-order valence-electron chi connectivity index (χ4n) is 0.115. The molecule has 0 atom stereocenters. The average molecular weight is 101 g/mol.